The van der Waals surface area contributed by atoms with Crippen molar-refractivity contribution < 1.29 is 4.74 Å². The van der Waals surface area contributed by atoms with Crippen molar-refractivity contribution in [2.24, 2.45) is 0 Å². The summed E-state index contributed by atoms with van der Waals surface area (Å²) in [5, 5.41) is 9.47. The highest BCUT2D eigenvalue weighted by molar-refractivity contribution is 5.94. The van der Waals surface area contributed by atoms with E-state index in [4.69, 9.17) is 15.7 Å². The molecule has 5 heteroatoms. The number of hydrogen-bond acceptors (Lipinski definition) is 5. The van der Waals surface area contributed by atoms with Crippen molar-refractivity contribution in [1.82, 2.24) is 9.97 Å². The summed E-state index contributed by atoms with van der Waals surface area (Å²) >= 11 is 0. The topological polar surface area (TPSA) is 84.8 Å². The van der Waals surface area contributed by atoms with Gasteiger partial charge in [0.1, 0.15) is 11.6 Å². The minimum absolute atomic E-state index is 0.357. The first-order chi connectivity index (χ1) is 7.27. The van der Waals surface area contributed by atoms with Crippen molar-refractivity contribution >= 4 is 16.6 Å². The van der Waals surface area contributed by atoms with Gasteiger partial charge in [-0.1, -0.05) is 0 Å². The number of anilines is 1. The number of nitrogen functional groups attached to an aromatic ring is 1. The van der Waals surface area contributed by atoms with Crippen LogP contribution in [0.25, 0.3) is 10.9 Å². The summed E-state index contributed by atoms with van der Waals surface area (Å²) in [6.45, 7) is 0. The van der Waals surface area contributed by atoms with Gasteiger partial charge < -0.3 is 10.5 Å². The normalized spacial score (nSPS) is 9.87. The summed E-state index contributed by atoms with van der Waals surface area (Å²) in [4.78, 5) is 8.09. The molecule has 0 spiro atoms. The number of ether oxygens (including phenoxy) is 1. The van der Waals surface area contributed by atoms with Crippen LogP contribution in [0, 0.1) is 11.3 Å². The zero-order chi connectivity index (χ0) is 10.8. The first-order valence-corrected chi connectivity index (χ1v) is 4.25. The second-order valence-corrected chi connectivity index (χ2v) is 2.91. The van der Waals surface area contributed by atoms with Gasteiger partial charge in [-0.15, -0.1) is 0 Å². The van der Waals surface area contributed by atoms with Gasteiger partial charge >= 0.3 is 0 Å². The molecular formula is C10H8N4O. The van der Waals surface area contributed by atoms with Gasteiger partial charge in [-0.2, -0.15) is 5.26 Å². The van der Waals surface area contributed by atoms with E-state index < -0.39 is 0 Å². The van der Waals surface area contributed by atoms with Gasteiger partial charge in [-0.05, 0) is 6.07 Å². The monoisotopic (exact) mass is 200 g/mol. The predicted molar refractivity (Wildman–Crippen MR) is 55.2 cm³/mol. The molecule has 0 radical (unpaired) electrons. The molecule has 0 fully saturated rings. The van der Waals surface area contributed by atoms with Crippen molar-refractivity contribution in [2.45, 2.75) is 0 Å². The van der Waals surface area contributed by atoms with E-state index in [1.54, 1.807) is 12.3 Å². The third kappa shape index (κ3) is 1.32. The van der Waals surface area contributed by atoms with Crippen molar-refractivity contribution in [2.75, 3.05) is 12.8 Å². The Balaban J connectivity index is 2.85. The van der Waals surface area contributed by atoms with Gasteiger partial charge in [-0.25, -0.2) is 9.97 Å². The Kier molecular flexibility index (Phi) is 2.10. The van der Waals surface area contributed by atoms with Crippen LogP contribution in [0.4, 0.5) is 5.69 Å². The molecule has 2 aromatic heterocycles. The van der Waals surface area contributed by atoms with E-state index in [-0.39, 0.29) is 0 Å². The molecule has 2 aromatic rings. The molecule has 74 valence electrons. The number of nitriles is 1. The molecule has 0 saturated carbocycles. The molecule has 0 aliphatic rings. The number of fused-ring (bicyclic) bond motifs is 1. The fourth-order valence-electron chi connectivity index (χ4n) is 1.36. The second kappa shape index (κ2) is 3.42. The Hall–Kier alpha value is -2.35. The van der Waals surface area contributed by atoms with Crippen LogP contribution < -0.4 is 10.5 Å². The molecule has 0 saturated heterocycles. The maximum Gasteiger partial charge on any atom is 0.240 e. The first-order valence-electron chi connectivity index (χ1n) is 4.25. The van der Waals surface area contributed by atoms with Crippen LogP contribution in [0.3, 0.4) is 0 Å². The molecular weight excluding hydrogens is 192 g/mol. The van der Waals surface area contributed by atoms with Gasteiger partial charge in [0.25, 0.3) is 0 Å². The lowest BCUT2D eigenvalue weighted by atomic mass is 10.1. The van der Waals surface area contributed by atoms with Crippen LogP contribution in [0.1, 0.15) is 5.56 Å². The minimum atomic E-state index is 0.357. The highest BCUT2D eigenvalue weighted by Gasteiger charge is 2.09. The summed E-state index contributed by atoms with van der Waals surface area (Å²) in [5.41, 5.74) is 7.14. The fourth-order valence-corrected chi connectivity index (χ4v) is 1.36. The Morgan fingerprint density at radius 2 is 2.27 bits per heavy atom. The lowest BCUT2D eigenvalue weighted by molar-refractivity contribution is 0.402. The number of methoxy groups -OCH3 is 1. The first kappa shape index (κ1) is 9.21. The smallest absolute Gasteiger partial charge is 0.240 e. The molecule has 0 amide bonds. The Labute approximate surface area is 86.1 Å². The average molecular weight is 200 g/mol. The molecule has 2 rings (SSSR count). The Bertz CT molecular complexity index is 559. The largest absolute Gasteiger partial charge is 0.479 e. The van der Waals surface area contributed by atoms with E-state index in [1.165, 1.54) is 13.3 Å². The minimum Gasteiger partial charge on any atom is -0.479 e. The number of pyridine rings is 2. The highest BCUT2D eigenvalue weighted by Crippen LogP contribution is 2.26. The van der Waals surface area contributed by atoms with Crippen LogP contribution in [0.2, 0.25) is 0 Å². The molecule has 0 aromatic carbocycles. The van der Waals surface area contributed by atoms with Gasteiger partial charge in [0.05, 0.1) is 18.4 Å². The van der Waals surface area contributed by atoms with Crippen molar-refractivity contribution in [1.29, 1.82) is 5.26 Å². The van der Waals surface area contributed by atoms with Crippen LogP contribution in [-0.4, -0.2) is 17.1 Å². The van der Waals surface area contributed by atoms with E-state index >= 15 is 0 Å². The van der Waals surface area contributed by atoms with Gasteiger partial charge in [0.2, 0.25) is 5.88 Å². The molecule has 0 unspecified atom stereocenters. The lowest BCUT2D eigenvalue weighted by Gasteiger charge is -2.05. The molecule has 0 aliphatic heterocycles. The molecule has 0 bridgehead atoms. The molecule has 5 nitrogen and oxygen atoms in total. The third-order valence-electron chi connectivity index (χ3n) is 2.11. The van der Waals surface area contributed by atoms with Crippen molar-refractivity contribution in [3.05, 3.63) is 24.0 Å². The average Bonchev–Trinajstić information content (AvgIpc) is 2.29. The van der Waals surface area contributed by atoms with Crippen LogP contribution in [-0.2, 0) is 0 Å². The number of hydrogen-bond donors (Lipinski definition) is 1. The van der Waals surface area contributed by atoms with Crippen LogP contribution in [0.15, 0.2) is 18.5 Å². The van der Waals surface area contributed by atoms with Crippen molar-refractivity contribution in [3.8, 4) is 11.9 Å². The standard InChI is InChI=1S/C10H8N4O/c1-15-10-9-7(2-3-13-10)8(12)6(4-11)5-14-9/h2-3,5H,1H3,(H2,12,14). The van der Waals surface area contributed by atoms with E-state index in [2.05, 4.69) is 9.97 Å². The Morgan fingerprint density at radius 3 is 2.93 bits per heavy atom. The van der Waals surface area contributed by atoms with Crippen molar-refractivity contribution in [3.63, 3.8) is 0 Å². The van der Waals surface area contributed by atoms with E-state index in [0.29, 0.717) is 28.0 Å². The number of nitrogens with two attached hydrogens (primary N) is 1. The highest BCUT2D eigenvalue weighted by atomic mass is 16.5. The molecule has 0 aliphatic carbocycles. The zero-order valence-corrected chi connectivity index (χ0v) is 8.06. The van der Waals surface area contributed by atoms with Crippen LogP contribution >= 0.6 is 0 Å². The molecule has 0 atom stereocenters. The maximum absolute atomic E-state index is 8.79. The Morgan fingerprint density at radius 1 is 1.47 bits per heavy atom. The van der Waals surface area contributed by atoms with Gasteiger partial charge in [0, 0.05) is 17.8 Å². The molecule has 2 heterocycles. The van der Waals surface area contributed by atoms with Gasteiger partial charge in [0.15, 0.2) is 0 Å². The predicted octanol–water partition coefficient (Wildman–Crippen LogP) is 1.09. The number of nitrogens with zero attached hydrogens (tertiary/aromatic N) is 3. The number of rotatable bonds is 1. The SMILES string of the molecule is COc1nccc2c(N)c(C#N)cnc12. The van der Waals surface area contributed by atoms with E-state index in [1.807, 2.05) is 6.07 Å². The lowest BCUT2D eigenvalue weighted by Crippen LogP contribution is -1.97. The van der Waals surface area contributed by atoms with E-state index in [0.717, 1.165) is 0 Å². The van der Waals surface area contributed by atoms with Gasteiger partial charge in [-0.3, -0.25) is 0 Å². The second-order valence-electron chi connectivity index (χ2n) is 2.91. The number of aromatic nitrogens is 2. The third-order valence-corrected chi connectivity index (χ3v) is 2.11. The quantitative estimate of drug-likeness (QED) is 0.744. The zero-order valence-electron chi connectivity index (χ0n) is 8.06. The van der Waals surface area contributed by atoms with Crippen LogP contribution in [0.5, 0.6) is 5.88 Å². The summed E-state index contributed by atoms with van der Waals surface area (Å²) in [6, 6.07) is 3.69. The fraction of sp³-hybridized carbons (Fsp3) is 0.100. The van der Waals surface area contributed by atoms with E-state index in [9.17, 15) is 0 Å². The molecule has 2 N–H and O–H groups in total. The molecule has 15 heavy (non-hydrogen) atoms. The summed E-state index contributed by atoms with van der Waals surface area (Å²) in [5.74, 6) is 0.406. The summed E-state index contributed by atoms with van der Waals surface area (Å²) in [7, 11) is 1.51. The maximum atomic E-state index is 8.79. The summed E-state index contributed by atoms with van der Waals surface area (Å²) in [6.07, 6.45) is 2.99. The summed E-state index contributed by atoms with van der Waals surface area (Å²) < 4.78 is 5.04.